The highest BCUT2D eigenvalue weighted by atomic mass is 16.5. The summed E-state index contributed by atoms with van der Waals surface area (Å²) in [6.45, 7) is 4.91. The normalized spacial score (nSPS) is 17.7. The van der Waals surface area contributed by atoms with Gasteiger partial charge in [0.25, 0.3) is 0 Å². The monoisotopic (exact) mass is 362 g/mol. The molecule has 1 aliphatic heterocycles. The SMILES string of the molecule is CCOc1ccc(CNC(=NC)N2CCCC(CC(N)=O)C2)cc1OC. The van der Waals surface area contributed by atoms with Crippen LogP contribution in [-0.2, 0) is 11.3 Å². The molecule has 1 aromatic carbocycles. The minimum absolute atomic E-state index is 0.235. The Hall–Kier alpha value is -2.44. The first kappa shape index (κ1) is 19.9. The van der Waals surface area contributed by atoms with Crippen LogP contribution in [0.4, 0.5) is 0 Å². The van der Waals surface area contributed by atoms with Crippen LogP contribution in [0.1, 0.15) is 31.7 Å². The molecule has 0 aliphatic carbocycles. The Morgan fingerprint density at radius 3 is 2.88 bits per heavy atom. The van der Waals surface area contributed by atoms with Gasteiger partial charge in [0.2, 0.25) is 5.91 Å². The van der Waals surface area contributed by atoms with Gasteiger partial charge in [-0.25, -0.2) is 0 Å². The summed E-state index contributed by atoms with van der Waals surface area (Å²) in [6, 6.07) is 5.91. The summed E-state index contributed by atoms with van der Waals surface area (Å²) in [4.78, 5) is 17.8. The van der Waals surface area contributed by atoms with E-state index in [1.165, 1.54) is 0 Å². The molecule has 26 heavy (non-hydrogen) atoms. The lowest BCUT2D eigenvalue weighted by molar-refractivity contribution is -0.119. The lowest BCUT2D eigenvalue weighted by Gasteiger charge is -2.34. The molecule has 7 heteroatoms. The number of nitrogens with zero attached hydrogens (tertiary/aromatic N) is 2. The third-order valence-electron chi connectivity index (χ3n) is 4.50. The lowest BCUT2D eigenvalue weighted by atomic mass is 9.95. The number of likely N-dealkylation sites (tertiary alicyclic amines) is 1. The summed E-state index contributed by atoms with van der Waals surface area (Å²) in [6.07, 6.45) is 2.51. The number of benzene rings is 1. The number of nitrogens with two attached hydrogens (primary N) is 1. The molecule has 0 aromatic heterocycles. The van der Waals surface area contributed by atoms with E-state index in [9.17, 15) is 4.79 Å². The van der Waals surface area contributed by atoms with E-state index in [-0.39, 0.29) is 5.91 Å². The maximum Gasteiger partial charge on any atom is 0.217 e. The van der Waals surface area contributed by atoms with Crippen molar-refractivity contribution in [2.75, 3.05) is 33.9 Å². The summed E-state index contributed by atoms with van der Waals surface area (Å²) in [7, 11) is 3.42. The number of primary amides is 1. The van der Waals surface area contributed by atoms with E-state index >= 15 is 0 Å². The second-order valence-corrected chi connectivity index (χ2v) is 6.44. The number of piperidine rings is 1. The molecule has 1 aromatic rings. The van der Waals surface area contributed by atoms with Crippen LogP contribution >= 0.6 is 0 Å². The van der Waals surface area contributed by atoms with Gasteiger partial charge in [-0.3, -0.25) is 9.79 Å². The quantitative estimate of drug-likeness (QED) is 0.570. The van der Waals surface area contributed by atoms with Crippen LogP contribution in [0, 0.1) is 5.92 Å². The molecule has 2 rings (SSSR count). The van der Waals surface area contributed by atoms with Crippen LogP contribution < -0.4 is 20.5 Å². The third-order valence-corrected chi connectivity index (χ3v) is 4.50. The summed E-state index contributed by atoms with van der Waals surface area (Å²) in [5, 5.41) is 3.40. The Morgan fingerprint density at radius 2 is 2.23 bits per heavy atom. The molecule has 1 atom stereocenters. The van der Waals surface area contributed by atoms with Crippen molar-refractivity contribution in [2.45, 2.75) is 32.7 Å². The predicted octanol–water partition coefficient (Wildman–Crippen LogP) is 1.76. The molecule has 144 valence electrons. The fourth-order valence-corrected chi connectivity index (χ4v) is 3.32. The zero-order valence-electron chi connectivity index (χ0n) is 16.0. The number of hydrogen-bond donors (Lipinski definition) is 2. The number of hydrogen-bond acceptors (Lipinski definition) is 4. The van der Waals surface area contributed by atoms with Crippen molar-refractivity contribution >= 4 is 11.9 Å². The summed E-state index contributed by atoms with van der Waals surface area (Å²) in [5.41, 5.74) is 6.43. The van der Waals surface area contributed by atoms with E-state index < -0.39 is 0 Å². The average molecular weight is 362 g/mol. The van der Waals surface area contributed by atoms with Crippen molar-refractivity contribution in [1.29, 1.82) is 0 Å². The molecule has 1 amide bonds. The van der Waals surface area contributed by atoms with E-state index in [1.807, 2.05) is 25.1 Å². The fraction of sp³-hybridized carbons (Fsp3) is 0.579. The zero-order valence-corrected chi connectivity index (χ0v) is 16.0. The zero-order chi connectivity index (χ0) is 18.9. The maximum atomic E-state index is 11.2. The van der Waals surface area contributed by atoms with Crippen LogP contribution in [0.25, 0.3) is 0 Å². The van der Waals surface area contributed by atoms with Crippen molar-refractivity contribution in [2.24, 2.45) is 16.6 Å². The topological polar surface area (TPSA) is 89.2 Å². The van der Waals surface area contributed by atoms with Gasteiger partial charge in [-0.1, -0.05) is 6.07 Å². The molecule has 7 nitrogen and oxygen atoms in total. The predicted molar refractivity (Wildman–Crippen MR) is 102 cm³/mol. The van der Waals surface area contributed by atoms with Crippen molar-refractivity contribution in [1.82, 2.24) is 10.2 Å². The first-order valence-electron chi connectivity index (χ1n) is 9.11. The molecule has 0 radical (unpaired) electrons. The van der Waals surface area contributed by atoms with Gasteiger partial charge in [-0.2, -0.15) is 0 Å². The fourth-order valence-electron chi connectivity index (χ4n) is 3.32. The standard InChI is InChI=1S/C19H30N4O3/c1-4-26-16-8-7-14(10-17(16)25-3)12-22-19(21-2)23-9-5-6-15(13-23)11-18(20)24/h7-8,10,15H,4-6,9,11-13H2,1-3H3,(H2,20,24)(H,21,22). The number of ether oxygens (including phenoxy) is 2. The molecule has 3 N–H and O–H groups in total. The van der Waals surface area contributed by atoms with Crippen LogP contribution in [0.5, 0.6) is 11.5 Å². The molecule has 0 saturated carbocycles. The number of carbonyl (C=O) groups is 1. The van der Waals surface area contributed by atoms with Crippen molar-refractivity contribution in [3.8, 4) is 11.5 Å². The second kappa shape index (κ2) is 9.89. The molecule has 1 heterocycles. The van der Waals surface area contributed by atoms with Crippen molar-refractivity contribution in [3.63, 3.8) is 0 Å². The van der Waals surface area contributed by atoms with E-state index in [0.29, 0.717) is 25.5 Å². The van der Waals surface area contributed by atoms with Gasteiger partial charge >= 0.3 is 0 Å². The van der Waals surface area contributed by atoms with Gasteiger partial charge in [0.15, 0.2) is 17.5 Å². The van der Waals surface area contributed by atoms with Crippen molar-refractivity contribution in [3.05, 3.63) is 23.8 Å². The summed E-state index contributed by atoms with van der Waals surface area (Å²) >= 11 is 0. The summed E-state index contributed by atoms with van der Waals surface area (Å²) < 4.78 is 11.0. The molecule has 1 fully saturated rings. The molecule has 0 bridgehead atoms. The van der Waals surface area contributed by atoms with E-state index in [2.05, 4.69) is 15.2 Å². The Morgan fingerprint density at radius 1 is 1.42 bits per heavy atom. The maximum absolute atomic E-state index is 11.2. The number of amides is 1. The summed E-state index contributed by atoms with van der Waals surface area (Å²) in [5.74, 6) is 2.37. The highest BCUT2D eigenvalue weighted by molar-refractivity contribution is 5.80. The Kier molecular flexibility index (Phi) is 7.56. The molecular formula is C19H30N4O3. The molecule has 1 saturated heterocycles. The number of carbonyl (C=O) groups excluding carboxylic acids is 1. The van der Waals surface area contributed by atoms with E-state index in [1.54, 1.807) is 14.2 Å². The highest BCUT2D eigenvalue weighted by Crippen LogP contribution is 2.28. The number of methoxy groups -OCH3 is 1. The van der Waals surface area contributed by atoms with Gasteiger partial charge in [0, 0.05) is 33.1 Å². The largest absolute Gasteiger partial charge is 0.493 e. The number of aliphatic imine (C=N–C) groups is 1. The number of nitrogens with one attached hydrogen (secondary N) is 1. The van der Waals surface area contributed by atoms with Crippen LogP contribution in [-0.4, -0.2) is 50.6 Å². The van der Waals surface area contributed by atoms with Gasteiger partial charge in [0.1, 0.15) is 0 Å². The lowest BCUT2D eigenvalue weighted by Crippen LogP contribution is -2.46. The van der Waals surface area contributed by atoms with E-state index in [0.717, 1.165) is 49.0 Å². The minimum atomic E-state index is -0.235. The molecule has 0 spiro atoms. The van der Waals surface area contributed by atoms with Crippen LogP contribution in [0.3, 0.4) is 0 Å². The second-order valence-electron chi connectivity index (χ2n) is 6.44. The number of rotatable bonds is 7. The van der Waals surface area contributed by atoms with Crippen molar-refractivity contribution < 1.29 is 14.3 Å². The van der Waals surface area contributed by atoms with E-state index in [4.69, 9.17) is 15.2 Å². The van der Waals surface area contributed by atoms with Gasteiger partial charge in [-0.05, 0) is 43.4 Å². The molecule has 1 unspecified atom stereocenters. The van der Waals surface area contributed by atoms with Gasteiger partial charge in [-0.15, -0.1) is 0 Å². The third kappa shape index (κ3) is 5.54. The van der Waals surface area contributed by atoms with Crippen LogP contribution in [0.15, 0.2) is 23.2 Å². The van der Waals surface area contributed by atoms with Gasteiger partial charge in [0.05, 0.1) is 13.7 Å². The first-order chi connectivity index (χ1) is 12.6. The highest BCUT2D eigenvalue weighted by Gasteiger charge is 2.23. The minimum Gasteiger partial charge on any atom is -0.493 e. The molecule has 1 aliphatic rings. The average Bonchev–Trinajstić information content (AvgIpc) is 2.63. The Bertz CT molecular complexity index is 633. The first-order valence-corrected chi connectivity index (χ1v) is 9.11. The van der Waals surface area contributed by atoms with Crippen LogP contribution in [0.2, 0.25) is 0 Å². The Labute approximate surface area is 155 Å². The Balaban J connectivity index is 1.97. The van der Waals surface area contributed by atoms with Gasteiger partial charge < -0.3 is 25.4 Å². The number of guanidine groups is 1. The smallest absolute Gasteiger partial charge is 0.217 e. The molecular weight excluding hydrogens is 332 g/mol.